The van der Waals surface area contributed by atoms with Crippen LogP contribution in [0.4, 0.5) is 0 Å². The lowest BCUT2D eigenvalue weighted by Gasteiger charge is -2.20. The Kier molecular flexibility index (Phi) is 6.01. The van der Waals surface area contributed by atoms with Crippen LogP contribution in [0.5, 0.6) is 0 Å². The molecule has 5 heteroatoms. The number of carbonyl (C=O) groups excluding carboxylic acids is 1. The first-order chi connectivity index (χ1) is 13.7. The summed E-state index contributed by atoms with van der Waals surface area (Å²) in [6.45, 7) is 2.38. The van der Waals surface area contributed by atoms with Crippen molar-refractivity contribution in [3.63, 3.8) is 0 Å². The van der Waals surface area contributed by atoms with Crippen LogP contribution in [-0.4, -0.2) is 16.0 Å². The smallest absolute Gasteiger partial charge is 0.237 e. The molecule has 0 aromatic carbocycles. The van der Waals surface area contributed by atoms with Crippen LogP contribution < -0.4 is 4.57 Å². The number of ketones is 1. The summed E-state index contributed by atoms with van der Waals surface area (Å²) in [6, 6.07) is 10.1. The van der Waals surface area contributed by atoms with Crippen LogP contribution in [0.1, 0.15) is 58.8 Å². The summed E-state index contributed by atoms with van der Waals surface area (Å²) in [5.41, 5.74) is 3.20. The van der Waals surface area contributed by atoms with Crippen LogP contribution in [0, 0.1) is 12.8 Å². The Morgan fingerprint density at radius 1 is 1.25 bits per heavy atom. The van der Waals surface area contributed by atoms with Crippen LogP contribution in [0.15, 0.2) is 42.7 Å². The van der Waals surface area contributed by atoms with Gasteiger partial charge in [-0.15, -0.1) is 11.3 Å². The molecule has 0 unspecified atom stereocenters. The average molecular weight is 395 g/mol. The van der Waals surface area contributed by atoms with E-state index < -0.39 is 0 Å². The van der Waals surface area contributed by atoms with Crippen molar-refractivity contribution >= 4 is 17.1 Å². The minimum atomic E-state index is 0.149. The first-order valence-corrected chi connectivity index (χ1v) is 11.1. The van der Waals surface area contributed by atoms with Crippen molar-refractivity contribution in [1.82, 2.24) is 10.2 Å². The molecule has 0 saturated heterocycles. The molecule has 0 spiro atoms. The van der Waals surface area contributed by atoms with Gasteiger partial charge in [0.25, 0.3) is 0 Å². The third-order valence-electron chi connectivity index (χ3n) is 5.67. The fourth-order valence-corrected chi connectivity index (χ4v) is 4.87. The molecule has 3 heterocycles. The van der Waals surface area contributed by atoms with Gasteiger partial charge in [0, 0.05) is 16.6 Å². The largest absolute Gasteiger partial charge is 0.286 e. The average Bonchev–Trinajstić information content (AvgIpc) is 3.37. The Morgan fingerprint density at radius 2 is 2.11 bits per heavy atom. The number of hydrogen-bond acceptors (Lipinski definition) is 3. The monoisotopic (exact) mass is 394 g/mol. The SMILES string of the molecule is Cc1ccc(C(=O)C[n+]2cccc(-c3cc(CCC4CCCCC4)[nH]n3)c2)s1. The third-order valence-corrected chi connectivity index (χ3v) is 6.71. The van der Waals surface area contributed by atoms with E-state index >= 15 is 0 Å². The number of nitrogens with one attached hydrogen (secondary N) is 1. The molecule has 0 radical (unpaired) electrons. The molecular weight excluding hydrogens is 366 g/mol. The Balaban J connectivity index is 1.40. The summed E-state index contributed by atoms with van der Waals surface area (Å²) in [4.78, 5) is 14.5. The van der Waals surface area contributed by atoms with Crippen molar-refractivity contribution in [2.75, 3.05) is 0 Å². The molecule has 0 aliphatic heterocycles. The zero-order chi connectivity index (χ0) is 19.3. The van der Waals surface area contributed by atoms with Gasteiger partial charge in [-0.1, -0.05) is 32.1 Å². The van der Waals surface area contributed by atoms with E-state index in [-0.39, 0.29) is 5.78 Å². The van der Waals surface area contributed by atoms with Crippen molar-refractivity contribution in [3.8, 4) is 11.3 Å². The van der Waals surface area contributed by atoms with E-state index in [1.807, 2.05) is 42.1 Å². The van der Waals surface area contributed by atoms with Crippen molar-refractivity contribution in [1.29, 1.82) is 0 Å². The lowest BCUT2D eigenvalue weighted by molar-refractivity contribution is -0.682. The van der Waals surface area contributed by atoms with Crippen molar-refractivity contribution in [2.45, 2.75) is 58.4 Å². The quantitative estimate of drug-likeness (QED) is 0.446. The fraction of sp³-hybridized carbons (Fsp3) is 0.435. The summed E-state index contributed by atoms with van der Waals surface area (Å²) in [5, 5.41) is 7.72. The normalized spacial score (nSPS) is 15.0. The number of aromatic nitrogens is 3. The van der Waals surface area contributed by atoms with Gasteiger partial charge >= 0.3 is 0 Å². The minimum Gasteiger partial charge on any atom is -0.286 e. The number of thiophene rings is 1. The van der Waals surface area contributed by atoms with Crippen molar-refractivity contribution in [2.24, 2.45) is 5.92 Å². The summed E-state index contributed by atoms with van der Waals surface area (Å²) in [7, 11) is 0. The first-order valence-electron chi connectivity index (χ1n) is 10.3. The van der Waals surface area contributed by atoms with Gasteiger partial charge in [-0.25, -0.2) is 0 Å². The molecular formula is C23H28N3OS+. The van der Waals surface area contributed by atoms with Crippen LogP contribution >= 0.6 is 11.3 Å². The summed E-state index contributed by atoms with van der Waals surface area (Å²) in [6.07, 6.45) is 13.3. The number of Topliss-reactive ketones (excluding diaryl/α,β-unsaturated/α-hetero) is 1. The number of hydrogen-bond donors (Lipinski definition) is 1. The summed E-state index contributed by atoms with van der Waals surface area (Å²) >= 11 is 1.56. The number of aryl methyl sites for hydroxylation is 2. The van der Waals surface area contributed by atoms with E-state index in [0.717, 1.165) is 28.5 Å². The highest BCUT2D eigenvalue weighted by atomic mass is 32.1. The van der Waals surface area contributed by atoms with E-state index in [2.05, 4.69) is 22.3 Å². The molecule has 1 aliphatic carbocycles. The zero-order valence-electron chi connectivity index (χ0n) is 16.5. The van der Waals surface area contributed by atoms with Gasteiger partial charge in [0.05, 0.1) is 16.1 Å². The number of H-pyrrole nitrogens is 1. The number of aromatic amines is 1. The minimum absolute atomic E-state index is 0.149. The second-order valence-electron chi connectivity index (χ2n) is 7.92. The molecule has 1 fully saturated rings. The number of pyridine rings is 1. The number of carbonyl (C=O) groups is 1. The van der Waals surface area contributed by atoms with E-state index in [4.69, 9.17) is 0 Å². The maximum Gasteiger partial charge on any atom is 0.237 e. The lowest BCUT2D eigenvalue weighted by atomic mass is 9.86. The highest BCUT2D eigenvalue weighted by Crippen LogP contribution is 2.27. The second-order valence-corrected chi connectivity index (χ2v) is 9.21. The highest BCUT2D eigenvalue weighted by molar-refractivity contribution is 7.13. The van der Waals surface area contributed by atoms with Crippen LogP contribution in [0.3, 0.4) is 0 Å². The van der Waals surface area contributed by atoms with E-state index in [9.17, 15) is 4.79 Å². The molecule has 0 bridgehead atoms. The predicted molar refractivity (Wildman–Crippen MR) is 113 cm³/mol. The molecule has 0 atom stereocenters. The Bertz CT molecular complexity index is 937. The third kappa shape index (κ3) is 4.76. The van der Waals surface area contributed by atoms with E-state index in [0.29, 0.717) is 6.54 Å². The van der Waals surface area contributed by atoms with Crippen LogP contribution in [0.25, 0.3) is 11.3 Å². The maximum atomic E-state index is 12.5. The fourth-order valence-electron chi connectivity index (χ4n) is 4.07. The standard InChI is InChI=1S/C23H28N3OS/c1-17-9-12-23(28-17)22(27)16-26-13-5-8-19(15-26)21-14-20(24-25-21)11-10-18-6-3-2-4-7-18/h5,8-9,12-15,18H,2-4,6-7,10-11,16H2,1H3,(H,24,25)/q+1. The number of nitrogens with zero attached hydrogens (tertiary/aromatic N) is 2. The maximum absolute atomic E-state index is 12.5. The molecule has 1 N–H and O–H groups in total. The Labute approximate surface area is 170 Å². The van der Waals surface area contributed by atoms with Gasteiger partial charge in [0.1, 0.15) is 0 Å². The molecule has 146 valence electrons. The van der Waals surface area contributed by atoms with E-state index in [1.165, 1.54) is 49.1 Å². The molecule has 4 nitrogen and oxygen atoms in total. The number of rotatable bonds is 7. The second kappa shape index (κ2) is 8.82. The summed E-state index contributed by atoms with van der Waals surface area (Å²) < 4.78 is 1.95. The van der Waals surface area contributed by atoms with Crippen molar-refractivity contribution in [3.05, 3.63) is 58.2 Å². The zero-order valence-corrected chi connectivity index (χ0v) is 17.3. The van der Waals surface area contributed by atoms with Gasteiger partial charge in [-0.3, -0.25) is 9.89 Å². The van der Waals surface area contributed by atoms with Gasteiger partial charge in [0.15, 0.2) is 12.4 Å². The Morgan fingerprint density at radius 3 is 2.89 bits per heavy atom. The van der Waals surface area contributed by atoms with Gasteiger partial charge in [0.2, 0.25) is 12.3 Å². The van der Waals surface area contributed by atoms with Gasteiger partial charge in [-0.05, 0) is 49.9 Å². The molecule has 28 heavy (non-hydrogen) atoms. The lowest BCUT2D eigenvalue weighted by Crippen LogP contribution is -2.37. The molecule has 4 rings (SSSR count). The Hall–Kier alpha value is -2.27. The first kappa shape index (κ1) is 19.1. The molecule has 3 aromatic rings. The van der Waals surface area contributed by atoms with Gasteiger partial charge in [-0.2, -0.15) is 9.67 Å². The highest BCUT2D eigenvalue weighted by Gasteiger charge is 2.17. The van der Waals surface area contributed by atoms with Crippen molar-refractivity contribution < 1.29 is 9.36 Å². The van der Waals surface area contributed by atoms with Crippen LogP contribution in [-0.2, 0) is 13.0 Å². The molecule has 0 amide bonds. The molecule has 1 aliphatic rings. The predicted octanol–water partition coefficient (Wildman–Crippen LogP) is 5.13. The van der Waals surface area contributed by atoms with Gasteiger partial charge < -0.3 is 0 Å². The topological polar surface area (TPSA) is 49.6 Å². The van der Waals surface area contributed by atoms with E-state index in [1.54, 1.807) is 11.3 Å². The summed E-state index contributed by atoms with van der Waals surface area (Å²) in [5.74, 6) is 1.03. The molecule has 3 aromatic heterocycles. The van der Waals surface area contributed by atoms with Crippen LogP contribution in [0.2, 0.25) is 0 Å². The molecule has 1 saturated carbocycles.